The molecule has 17 heavy (non-hydrogen) atoms. The van der Waals surface area contributed by atoms with Crippen LogP contribution in [0.15, 0.2) is 0 Å². The van der Waals surface area contributed by atoms with E-state index in [1.165, 1.54) is 12.8 Å². The van der Waals surface area contributed by atoms with Crippen LogP contribution in [-0.2, 0) is 4.74 Å². The molecular weight excluding hydrogens is 216 g/mol. The Bertz CT molecular complexity index is 321. The van der Waals surface area contributed by atoms with Gasteiger partial charge in [0.25, 0.3) is 0 Å². The highest BCUT2D eigenvalue weighted by Gasteiger charge is 2.67. The normalized spacial score (nSPS) is 41.8. The van der Waals surface area contributed by atoms with Crippen molar-refractivity contribution in [3.05, 3.63) is 0 Å². The van der Waals surface area contributed by atoms with E-state index in [9.17, 15) is 4.79 Å². The van der Waals surface area contributed by atoms with Gasteiger partial charge in [-0.15, -0.1) is 0 Å². The van der Waals surface area contributed by atoms with Crippen molar-refractivity contribution in [2.24, 2.45) is 17.8 Å². The summed E-state index contributed by atoms with van der Waals surface area (Å²) in [4.78, 5) is 11.7. The minimum absolute atomic E-state index is 0.0947. The Balaban J connectivity index is 1.53. The average molecular weight is 238 g/mol. The number of rotatable bonds is 4. The number of alkyl carbamates (subject to hydrolysis) is 1. The summed E-state index contributed by atoms with van der Waals surface area (Å²) in [6.07, 6.45) is 4.27. The van der Waals surface area contributed by atoms with Gasteiger partial charge < -0.3 is 15.4 Å². The first-order valence-electron chi connectivity index (χ1n) is 6.92. The Morgan fingerprint density at radius 2 is 2.41 bits per heavy atom. The van der Waals surface area contributed by atoms with Crippen molar-refractivity contribution in [1.29, 1.82) is 0 Å². The van der Waals surface area contributed by atoms with Gasteiger partial charge in [0, 0.05) is 6.54 Å². The molecular formula is C13H22N2O2. The molecule has 0 spiro atoms. The summed E-state index contributed by atoms with van der Waals surface area (Å²) in [6, 6.07) is 0. The number of hydrogen-bond acceptors (Lipinski definition) is 3. The number of nitrogens with one attached hydrogen (secondary N) is 2. The number of unbranched alkanes of at least 4 members (excludes halogenated alkanes) is 1. The molecule has 1 heterocycles. The molecule has 3 rings (SSSR count). The van der Waals surface area contributed by atoms with Crippen LogP contribution in [0.25, 0.3) is 0 Å². The lowest BCUT2D eigenvalue weighted by Crippen LogP contribution is -2.44. The van der Waals surface area contributed by atoms with Crippen LogP contribution in [0.3, 0.4) is 0 Å². The third kappa shape index (κ3) is 1.82. The van der Waals surface area contributed by atoms with E-state index < -0.39 is 0 Å². The molecule has 96 valence electrons. The summed E-state index contributed by atoms with van der Waals surface area (Å²) in [5.74, 6) is 2.15. The summed E-state index contributed by atoms with van der Waals surface area (Å²) in [6.45, 7) is 4.85. The van der Waals surface area contributed by atoms with Crippen LogP contribution in [0.1, 0.15) is 32.6 Å². The molecule has 4 nitrogen and oxygen atoms in total. The van der Waals surface area contributed by atoms with E-state index in [1.54, 1.807) is 0 Å². The van der Waals surface area contributed by atoms with Gasteiger partial charge in [0.05, 0.1) is 12.1 Å². The fourth-order valence-corrected chi connectivity index (χ4v) is 3.83. The molecule has 4 unspecified atom stereocenters. The van der Waals surface area contributed by atoms with E-state index in [2.05, 4.69) is 17.6 Å². The molecule has 3 aliphatic rings. The van der Waals surface area contributed by atoms with Crippen molar-refractivity contribution < 1.29 is 9.53 Å². The number of carbonyl (C=O) groups excluding carboxylic acids is 1. The molecule has 4 heteroatoms. The van der Waals surface area contributed by atoms with Gasteiger partial charge in [0.1, 0.15) is 0 Å². The van der Waals surface area contributed by atoms with Crippen molar-refractivity contribution >= 4 is 6.09 Å². The van der Waals surface area contributed by atoms with Crippen LogP contribution in [0.2, 0.25) is 0 Å². The fraction of sp³-hybridized carbons (Fsp3) is 0.923. The molecule has 1 saturated heterocycles. The first-order valence-corrected chi connectivity index (χ1v) is 6.92. The van der Waals surface area contributed by atoms with Crippen molar-refractivity contribution in [1.82, 2.24) is 10.6 Å². The van der Waals surface area contributed by atoms with Crippen LogP contribution >= 0.6 is 0 Å². The molecule has 0 aromatic heterocycles. The maximum atomic E-state index is 11.7. The maximum Gasteiger partial charge on any atom is 0.407 e. The molecule has 2 N–H and O–H groups in total. The second-order valence-corrected chi connectivity index (χ2v) is 5.82. The van der Waals surface area contributed by atoms with Gasteiger partial charge in [-0.3, -0.25) is 0 Å². The zero-order valence-corrected chi connectivity index (χ0v) is 10.5. The predicted molar refractivity (Wildman–Crippen MR) is 64.7 cm³/mol. The van der Waals surface area contributed by atoms with E-state index >= 15 is 0 Å². The zero-order chi connectivity index (χ0) is 11.9. The largest absolute Gasteiger partial charge is 0.450 e. The first-order chi connectivity index (χ1) is 8.26. The summed E-state index contributed by atoms with van der Waals surface area (Å²) in [5, 5.41) is 6.60. The van der Waals surface area contributed by atoms with Gasteiger partial charge in [-0.25, -0.2) is 4.79 Å². The van der Waals surface area contributed by atoms with Crippen LogP contribution in [0.4, 0.5) is 4.79 Å². The third-order valence-corrected chi connectivity index (χ3v) is 4.81. The van der Waals surface area contributed by atoms with Crippen LogP contribution in [0.5, 0.6) is 0 Å². The van der Waals surface area contributed by atoms with E-state index in [1.807, 2.05) is 0 Å². The maximum absolute atomic E-state index is 11.7. The molecule has 2 saturated carbocycles. The van der Waals surface area contributed by atoms with Crippen molar-refractivity contribution in [3.63, 3.8) is 0 Å². The van der Waals surface area contributed by atoms with Gasteiger partial charge in [0.15, 0.2) is 0 Å². The molecule has 0 radical (unpaired) electrons. The number of carbonyl (C=O) groups is 1. The monoisotopic (exact) mass is 238 g/mol. The second-order valence-electron chi connectivity index (χ2n) is 5.82. The quantitative estimate of drug-likeness (QED) is 0.730. The minimum Gasteiger partial charge on any atom is -0.450 e. The summed E-state index contributed by atoms with van der Waals surface area (Å²) in [7, 11) is 0. The van der Waals surface area contributed by atoms with Gasteiger partial charge in [-0.2, -0.15) is 0 Å². The SMILES string of the molecule is CCCCOC(=O)NC12CC1CC1CNCC12. The van der Waals surface area contributed by atoms with Crippen LogP contribution < -0.4 is 10.6 Å². The second kappa shape index (κ2) is 4.16. The summed E-state index contributed by atoms with van der Waals surface area (Å²) in [5.41, 5.74) is 0.0947. The highest BCUT2D eigenvalue weighted by atomic mass is 16.5. The van der Waals surface area contributed by atoms with Gasteiger partial charge >= 0.3 is 6.09 Å². The van der Waals surface area contributed by atoms with Crippen molar-refractivity contribution in [2.45, 2.75) is 38.1 Å². The Labute approximate surface area is 102 Å². The minimum atomic E-state index is -0.200. The lowest BCUT2D eigenvalue weighted by Gasteiger charge is -2.23. The molecule has 4 atom stereocenters. The summed E-state index contributed by atoms with van der Waals surface area (Å²) >= 11 is 0. The lowest BCUT2D eigenvalue weighted by atomic mass is 9.91. The molecule has 0 bridgehead atoms. The molecule has 3 fully saturated rings. The number of amides is 1. The topological polar surface area (TPSA) is 50.4 Å². The summed E-state index contributed by atoms with van der Waals surface area (Å²) < 4.78 is 5.21. The Hall–Kier alpha value is -0.770. The molecule has 2 aliphatic carbocycles. The fourth-order valence-electron chi connectivity index (χ4n) is 3.83. The van der Waals surface area contributed by atoms with E-state index in [0.29, 0.717) is 12.5 Å². The average Bonchev–Trinajstić information content (AvgIpc) is 2.71. The lowest BCUT2D eigenvalue weighted by molar-refractivity contribution is 0.134. The van der Waals surface area contributed by atoms with Gasteiger partial charge in [-0.05, 0) is 43.6 Å². The van der Waals surface area contributed by atoms with Crippen LogP contribution in [-0.4, -0.2) is 31.3 Å². The highest BCUT2D eigenvalue weighted by molar-refractivity contribution is 5.69. The number of ether oxygens (including phenoxy) is 1. The van der Waals surface area contributed by atoms with E-state index in [4.69, 9.17) is 4.74 Å². The van der Waals surface area contributed by atoms with E-state index in [-0.39, 0.29) is 11.6 Å². The number of hydrogen-bond donors (Lipinski definition) is 2. The van der Waals surface area contributed by atoms with Crippen molar-refractivity contribution in [2.75, 3.05) is 19.7 Å². The third-order valence-electron chi connectivity index (χ3n) is 4.81. The molecule has 1 amide bonds. The Morgan fingerprint density at radius 3 is 3.24 bits per heavy atom. The predicted octanol–water partition coefficient (Wildman–Crippen LogP) is 1.51. The van der Waals surface area contributed by atoms with E-state index in [0.717, 1.165) is 37.8 Å². The smallest absolute Gasteiger partial charge is 0.407 e. The van der Waals surface area contributed by atoms with Crippen molar-refractivity contribution in [3.8, 4) is 0 Å². The number of fused-ring (bicyclic) bond motifs is 3. The standard InChI is InChI=1S/C13H22N2O2/c1-2-3-4-17-12(16)15-13-6-10(13)5-9-7-14-8-11(9)13/h9-11,14H,2-8H2,1H3,(H,15,16). The Morgan fingerprint density at radius 1 is 1.53 bits per heavy atom. The Kier molecular flexibility index (Phi) is 2.77. The van der Waals surface area contributed by atoms with Gasteiger partial charge in [0.2, 0.25) is 0 Å². The first kappa shape index (κ1) is 11.3. The van der Waals surface area contributed by atoms with Gasteiger partial charge in [-0.1, -0.05) is 13.3 Å². The van der Waals surface area contributed by atoms with Crippen LogP contribution in [0, 0.1) is 17.8 Å². The zero-order valence-electron chi connectivity index (χ0n) is 10.5. The highest BCUT2D eigenvalue weighted by Crippen LogP contribution is 2.62. The molecule has 1 aliphatic heterocycles. The molecule has 0 aromatic carbocycles. The molecule has 0 aromatic rings.